The van der Waals surface area contributed by atoms with Gasteiger partial charge in [0.25, 0.3) is 11.6 Å². The summed E-state index contributed by atoms with van der Waals surface area (Å²) in [6.45, 7) is -0.706. The number of nitro benzene ring substituents is 1. The predicted octanol–water partition coefficient (Wildman–Crippen LogP) is 5.01. The second-order valence-corrected chi connectivity index (χ2v) is 10.8. The number of benzene rings is 3. The van der Waals surface area contributed by atoms with Crippen LogP contribution in [-0.2, 0) is 21.4 Å². The van der Waals surface area contributed by atoms with Gasteiger partial charge in [-0.1, -0.05) is 57.3 Å². The molecule has 0 radical (unpaired) electrons. The summed E-state index contributed by atoms with van der Waals surface area (Å²) >= 11 is 15.3. The van der Waals surface area contributed by atoms with Crippen LogP contribution in [0.5, 0.6) is 0 Å². The Balaban J connectivity index is 1.81. The molecule has 0 aliphatic heterocycles. The van der Waals surface area contributed by atoms with E-state index < -0.39 is 27.4 Å². The number of carbonyl (C=O) groups excluding carboxylic acids is 1. The van der Waals surface area contributed by atoms with Crippen LogP contribution < -0.4 is 5.43 Å². The molecule has 0 aliphatic carbocycles. The third kappa shape index (κ3) is 7.33. The van der Waals surface area contributed by atoms with Crippen LogP contribution in [0.15, 0.2) is 81.2 Å². The molecule has 13 heteroatoms. The van der Waals surface area contributed by atoms with Crippen molar-refractivity contribution in [3.05, 3.63) is 102 Å². The van der Waals surface area contributed by atoms with Gasteiger partial charge in [0.1, 0.15) is 0 Å². The first-order chi connectivity index (χ1) is 16.6. The summed E-state index contributed by atoms with van der Waals surface area (Å²) in [5.41, 5.74) is 3.02. The van der Waals surface area contributed by atoms with Gasteiger partial charge in [0.2, 0.25) is 10.0 Å². The molecule has 0 unspecified atom stereocenters. The third-order valence-corrected chi connectivity index (χ3v) is 7.67. The molecule has 0 heterocycles. The molecule has 3 rings (SSSR count). The molecule has 182 valence electrons. The highest BCUT2D eigenvalue weighted by Crippen LogP contribution is 2.25. The Morgan fingerprint density at radius 3 is 2.46 bits per heavy atom. The zero-order chi connectivity index (χ0) is 25.6. The van der Waals surface area contributed by atoms with Gasteiger partial charge < -0.3 is 0 Å². The Labute approximate surface area is 219 Å². The van der Waals surface area contributed by atoms with Crippen molar-refractivity contribution in [3.63, 3.8) is 0 Å². The average molecular weight is 600 g/mol. The van der Waals surface area contributed by atoms with Crippen molar-refractivity contribution in [2.45, 2.75) is 11.4 Å². The monoisotopic (exact) mass is 598 g/mol. The summed E-state index contributed by atoms with van der Waals surface area (Å²) in [6.07, 6.45) is 1.22. The molecule has 35 heavy (non-hydrogen) atoms. The number of nitrogens with one attached hydrogen (secondary N) is 1. The molecule has 0 saturated carbocycles. The lowest BCUT2D eigenvalue weighted by molar-refractivity contribution is -0.384. The molecular formula is C22H17BrCl2N4O5S. The highest BCUT2D eigenvalue weighted by molar-refractivity contribution is 9.10. The number of hydrogen-bond acceptors (Lipinski definition) is 6. The standard InChI is InChI=1S/C22H17BrCl2N4O5S/c23-17-5-7-19(8-6-17)35(33,34)28(13-16-4-9-20(24)21(25)11-16)14-22(30)27-26-12-15-2-1-3-18(10-15)29(31)32/h1-12H,13-14H2,(H,27,30)/b26-12+. The first kappa shape index (κ1) is 26.8. The van der Waals surface area contributed by atoms with E-state index in [0.717, 1.165) is 4.31 Å². The smallest absolute Gasteiger partial charge is 0.270 e. The summed E-state index contributed by atoms with van der Waals surface area (Å²) in [4.78, 5) is 22.9. The topological polar surface area (TPSA) is 122 Å². The van der Waals surface area contributed by atoms with E-state index in [1.165, 1.54) is 48.7 Å². The molecule has 0 spiro atoms. The molecule has 0 aliphatic rings. The predicted molar refractivity (Wildman–Crippen MR) is 137 cm³/mol. The van der Waals surface area contributed by atoms with Crippen molar-refractivity contribution < 1.29 is 18.1 Å². The van der Waals surface area contributed by atoms with Crippen LogP contribution in [0.25, 0.3) is 0 Å². The van der Waals surface area contributed by atoms with Crippen LogP contribution in [0.4, 0.5) is 5.69 Å². The number of rotatable bonds is 9. The first-order valence-electron chi connectivity index (χ1n) is 9.82. The Kier molecular flexibility index (Phi) is 8.98. The van der Waals surface area contributed by atoms with Crippen LogP contribution in [0, 0.1) is 10.1 Å². The lowest BCUT2D eigenvalue weighted by Crippen LogP contribution is -2.39. The Morgan fingerprint density at radius 2 is 1.80 bits per heavy atom. The first-order valence-corrected chi connectivity index (χ1v) is 12.8. The number of nitro groups is 1. The lowest BCUT2D eigenvalue weighted by Gasteiger charge is -2.22. The number of hydrazone groups is 1. The van der Waals surface area contributed by atoms with E-state index in [4.69, 9.17) is 23.2 Å². The van der Waals surface area contributed by atoms with E-state index in [0.29, 0.717) is 20.6 Å². The largest absolute Gasteiger partial charge is 0.272 e. The van der Waals surface area contributed by atoms with Crippen LogP contribution in [0.3, 0.4) is 0 Å². The van der Waals surface area contributed by atoms with Crippen molar-refractivity contribution in [3.8, 4) is 0 Å². The van der Waals surface area contributed by atoms with Crippen molar-refractivity contribution in [1.82, 2.24) is 9.73 Å². The van der Waals surface area contributed by atoms with Crippen LogP contribution in [0.2, 0.25) is 10.0 Å². The second-order valence-electron chi connectivity index (χ2n) is 7.12. The Bertz CT molecular complexity index is 1380. The van der Waals surface area contributed by atoms with Crippen LogP contribution >= 0.6 is 39.1 Å². The molecular weight excluding hydrogens is 583 g/mol. The summed E-state index contributed by atoms with van der Waals surface area (Å²) < 4.78 is 28.3. The van der Waals surface area contributed by atoms with E-state index in [1.54, 1.807) is 24.3 Å². The van der Waals surface area contributed by atoms with Gasteiger partial charge in [0.05, 0.1) is 32.6 Å². The summed E-state index contributed by atoms with van der Waals surface area (Å²) in [7, 11) is -4.08. The minimum atomic E-state index is -4.08. The van der Waals surface area contributed by atoms with Crippen LogP contribution in [0.1, 0.15) is 11.1 Å². The second kappa shape index (κ2) is 11.7. The van der Waals surface area contributed by atoms with Gasteiger partial charge >= 0.3 is 0 Å². The maximum atomic E-state index is 13.3. The summed E-state index contributed by atoms with van der Waals surface area (Å²) in [6, 6.07) is 16.3. The fourth-order valence-corrected chi connectivity index (χ4v) is 4.89. The molecule has 0 atom stereocenters. The number of halogens is 3. The van der Waals surface area contributed by atoms with Crippen molar-refractivity contribution in [2.24, 2.45) is 5.10 Å². The maximum absolute atomic E-state index is 13.3. The third-order valence-electron chi connectivity index (χ3n) is 4.60. The van der Waals surface area contributed by atoms with Gasteiger partial charge in [-0.05, 0) is 42.0 Å². The summed E-state index contributed by atoms with van der Waals surface area (Å²) in [5, 5.41) is 15.2. The fourth-order valence-electron chi connectivity index (χ4n) is 2.92. The number of non-ortho nitro benzene ring substituents is 1. The minimum Gasteiger partial charge on any atom is -0.272 e. The van der Waals surface area contributed by atoms with Gasteiger partial charge in [0, 0.05) is 28.7 Å². The Morgan fingerprint density at radius 1 is 1.09 bits per heavy atom. The molecule has 3 aromatic carbocycles. The Hall–Kier alpha value is -2.83. The molecule has 9 nitrogen and oxygen atoms in total. The zero-order valence-corrected chi connectivity index (χ0v) is 21.7. The molecule has 0 saturated heterocycles. The van der Waals surface area contributed by atoms with E-state index >= 15 is 0 Å². The molecule has 1 N–H and O–H groups in total. The molecule has 0 aromatic heterocycles. The van der Waals surface area contributed by atoms with Gasteiger partial charge in [0.15, 0.2) is 0 Å². The minimum absolute atomic E-state index is 0.00587. The van der Waals surface area contributed by atoms with Gasteiger partial charge in [-0.25, -0.2) is 13.8 Å². The maximum Gasteiger partial charge on any atom is 0.270 e. The van der Waals surface area contributed by atoms with Gasteiger partial charge in [-0.3, -0.25) is 14.9 Å². The van der Waals surface area contributed by atoms with Crippen molar-refractivity contribution in [1.29, 1.82) is 0 Å². The van der Waals surface area contributed by atoms with E-state index in [1.807, 2.05) is 0 Å². The average Bonchev–Trinajstić information content (AvgIpc) is 2.81. The quantitative estimate of drug-likeness (QED) is 0.211. The zero-order valence-electron chi connectivity index (χ0n) is 17.8. The van der Waals surface area contributed by atoms with Gasteiger partial charge in [-0.2, -0.15) is 9.41 Å². The van der Waals surface area contributed by atoms with Crippen molar-refractivity contribution in [2.75, 3.05) is 6.54 Å². The normalized spacial score (nSPS) is 11.7. The SMILES string of the molecule is O=C(CN(Cc1ccc(Cl)c(Cl)c1)S(=O)(=O)c1ccc(Br)cc1)N/N=C/c1cccc([N+](=O)[O-])c1. The molecule has 0 fully saturated rings. The van der Waals surface area contributed by atoms with E-state index in [-0.39, 0.29) is 22.2 Å². The highest BCUT2D eigenvalue weighted by Gasteiger charge is 2.27. The number of nitrogens with zero attached hydrogens (tertiary/aromatic N) is 3. The fraction of sp³-hybridized carbons (Fsp3) is 0.0909. The molecule has 3 aromatic rings. The molecule has 0 bridgehead atoms. The molecule has 1 amide bonds. The number of hydrogen-bond donors (Lipinski definition) is 1. The van der Waals surface area contributed by atoms with Crippen molar-refractivity contribution >= 4 is 67.0 Å². The van der Waals surface area contributed by atoms with Crippen LogP contribution in [-0.4, -0.2) is 36.3 Å². The van der Waals surface area contributed by atoms with Gasteiger partial charge in [-0.15, -0.1) is 0 Å². The number of amides is 1. The number of sulfonamides is 1. The van der Waals surface area contributed by atoms with E-state index in [9.17, 15) is 23.3 Å². The number of carbonyl (C=O) groups is 1. The van der Waals surface area contributed by atoms with E-state index in [2.05, 4.69) is 26.5 Å². The lowest BCUT2D eigenvalue weighted by atomic mass is 10.2. The summed E-state index contributed by atoms with van der Waals surface area (Å²) in [5.74, 6) is -0.715. The highest BCUT2D eigenvalue weighted by atomic mass is 79.9.